The highest BCUT2D eigenvalue weighted by Gasteiger charge is 1.94. The van der Waals surface area contributed by atoms with Crippen molar-refractivity contribution in [2.24, 2.45) is 7.05 Å². The van der Waals surface area contributed by atoms with Crippen LogP contribution in [0.15, 0.2) is 24.5 Å². The second-order valence-electron chi connectivity index (χ2n) is 2.56. The van der Waals surface area contributed by atoms with Crippen molar-refractivity contribution >= 4 is 23.1 Å². The SMILES string of the molecule is Cn1ccc2cc(=S)[nH]cc21. The molecule has 0 aliphatic heterocycles. The number of H-pyrrole nitrogens is 1. The molecule has 0 aliphatic carbocycles. The van der Waals surface area contributed by atoms with Crippen LogP contribution in [0.25, 0.3) is 10.9 Å². The fourth-order valence-electron chi connectivity index (χ4n) is 1.19. The molecule has 2 aromatic heterocycles. The van der Waals surface area contributed by atoms with Gasteiger partial charge in [0.1, 0.15) is 4.64 Å². The molecule has 0 amide bonds. The van der Waals surface area contributed by atoms with E-state index in [2.05, 4.69) is 15.6 Å². The average molecular weight is 164 g/mol. The second-order valence-corrected chi connectivity index (χ2v) is 3.00. The zero-order valence-electron chi connectivity index (χ0n) is 6.16. The molecule has 0 atom stereocenters. The minimum absolute atomic E-state index is 0.781. The highest BCUT2D eigenvalue weighted by molar-refractivity contribution is 7.71. The predicted octanol–water partition coefficient (Wildman–Crippen LogP) is 2.24. The van der Waals surface area contributed by atoms with Gasteiger partial charge < -0.3 is 9.55 Å². The summed E-state index contributed by atoms with van der Waals surface area (Å²) in [7, 11) is 2.01. The first-order valence-corrected chi connectivity index (χ1v) is 3.82. The Kier molecular flexibility index (Phi) is 1.32. The highest BCUT2D eigenvalue weighted by Crippen LogP contribution is 2.12. The van der Waals surface area contributed by atoms with Crippen LogP contribution in [0.4, 0.5) is 0 Å². The third-order valence-electron chi connectivity index (χ3n) is 1.79. The number of aromatic nitrogens is 2. The Balaban J connectivity index is 2.96. The number of nitrogens with one attached hydrogen (secondary N) is 1. The summed E-state index contributed by atoms with van der Waals surface area (Å²) in [6.07, 6.45) is 3.95. The molecule has 2 nitrogen and oxygen atoms in total. The van der Waals surface area contributed by atoms with Crippen LogP contribution in [-0.4, -0.2) is 9.55 Å². The van der Waals surface area contributed by atoms with E-state index in [1.165, 1.54) is 10.9 Å². The van der Waals surface area contributed by atoms with Gasteiger partial charge in [-0.1, -0.05) is 12.2 Å². The average Bonchev–Trinajstić information content (AvgIpc) is 2.32. The molecule has 1 N–H and O–H groups in total. The van der Waals surface area contributed by atoms with Gasteiger partial charge >= 0.3 is 0 Å². The smallest absolute Gasteiger partial charge is 0.103 e. The van der Waals surface area contributed by atoms with E-state index in [0.29, 0.717) is 0 Å². The number of nitrogens with zero attached hydrogens (tertiary/aromatic N) is 1. The molecule has 0 saturated carbocycles. The van der Waals surface area contributed by atoms with Crippen molar-refractivity contribution in [1.29, 1.82) is 0 Å². The van der Waals surface area contributed by atoms with Crippen LogP contribution in [0.1, 0.15) is 0 Å². The van der Waals surface area contributed by atoms with Gasteiger partial charge in [0.15, 0.2) is 0 Å². The van der Waals surface area contributed by atoms with E-state index < -0.39 is 0 Å². The maximum Gasteiger partial charge on any atom is 0.103 e. The maximum absolute atomic E-state index is 4.98. The third kappa shape index (κ3) is 0.973. The van der Waals surface area contributed by atoms with Gasteiger partial charge in [0.2, 0.25) is 0 Å². The standard InChI is InChI=1S/C8H8N2S/c1-10-3-2-6-4-8(11)9-5-7(6)10/h2-5H,1H3,(H,9,11). The molecule has 0 aliphatic rings. The Morgan fingerprint density at radius 1 is 1.55 bits per heavy atom. The van der Waals surface area contributed by atoms with Crippen molar-refractivity contribution in [3.8, 4) is 0 Å². The van der Waals surface area contributed by atoms with E-state index in [1.54, 1.807) is 0 Å². The normalized spacial score (nSPS) is 10.6. The molecule has 0 aromatic carbocycles. The molecular formula is C8H8N2S. The van der Waals surface area contributed by atoms with Crippen LogP contribution in [0.2, 0.25) is 0 Å². The van der Waals surface area contributed by atoms with E-state index in [0.717, 1.165) is 4.64 Å². The number of fused-ring (bicyclic) bond motifs is 1. The Hall–Kier alpha value is -1.09. The molecule has 0 fully saturated rings. The number of aryl methyl sites for hydroxylation is 1. The molecule has 2 rings (SSSR count). The number of hydrogen-bond acceptors (Lipinski definition) is 1. The van der Waals surface area contributed by atoms with Gasteiger partial charge in [-0.05, 0) is 12.1 Å². The minimum Gasteiger partial charge on any atom is -0.351 e. The maximum atomic E-state index is 4.98. The fraction of sp³-hybridized carbons (Fsp3) is 0.125. The van der Waals surface area contributed by atoms with E-state index in [4.69, 9.17) is 12.2 Å². The monoisotopic (exact) mass is 164 g/mol. The molecule has 0 radical (unpaired) electrons. The van der Waals surface area contributed by atoms with Gasteiger partial charge in [0, 0.05) is 24.8 Å². The molecule has 3 heteroatoms. The molecular weight excluding hydrogens is 156 g/mol. The number of hydrogen-bond donors (Lipinski definition) is 1. The first kappa shape index (κ1) is 6.61. The van der Waals surface area contributed by atoms with Gasteiger partial charge in [0.05, 0.1) is 5.52 Å². The Labute approximate surface area is 69.5 Å². The molecule has 0 saturated heterocycles. The summed E-state index contributed by atoms with van der Waals surface area (Å²) < 4.78 is 2.84. The zero-order chi connectivity index (χ0) is 7.84. The van der Waals surface area contributed by atoms with Gasteiger partial charge in [-0.3, -0.25) is 0 Å². The predicted molar refractivity (Wildman–Crippen MR) is 48.1 cm³/mol. The van der Waals surface area contributed by atoms with Crippen LogP contribution < -0.4 is 0 Å². The summed E-state index contributed by atoms with van der Waals surface area (Å²) in [5.74, 6) is 0. The van der Waals surface area contributed by atoms with Gasteiger partial charge in [-0.25, -0.2) is 0 Å². The molecule has 2 heterocycles. The molecule has 2 aromatic rings. The van der Waals surface area contributed by atoms with Crippen molar-refractivity contribution in [1.82, 2.24) is 9.55 Å². The summed E-state index contributed by atoms with van der Waals surface area (Å²) >= 11 is 4.98. The Bertz CT molecular complexity index is 439. The third-order valence-corrected chi connectivity index (χ3v) is 2.03. The summed E-state index contributed by atoms with van der Waals surface area (Å²) in [4.78, 5) is 3.00. The topological polar surface area (TPSA) is 20.7 Å². The van der Waals surface area contributed by atoms with Gasteiger partial charge in [0.25, 0.3) is 0 Å². The van der Waals surface area contributed by atoms with Crippen molar-refractivity contribution in [2.75, 3.05) is 0 Å². The summed E-state index contributed by atoms with van der Waals surface area (Å²) in [6, 6.07) is 4.02. The number of aromatic amines is 1. The Morgan fingerprint density at radius 3 is 3.18 bits per heavy atom. The van der Waals surface area contributed by atoms with E-state index >= 15 is 0 Å². The molecule has 0 spiro atoms. The summed E-state index contributed by atoms with van der Waals surface area (Å²) in [5.41, 5.74) is 1.18. The molecule has 56 valence electrons. The van der Waals surface area contributed by atoms with E-state index in [-0.39, 0.29) is 0 Å². The first-order valence-electron chi connectivity index (χ1n) is 3.41. The van der Waals surface area contributed by atoms with Crippen LogP contribution >= 0.6 is 12.2 Å². The van der Waals surface area contributed by atoms with Crippen LogP contribution in [0, 0.1) is 4.64 Å². The highest BCUT2D eigenvalue weighted by atomic mass is 32.1. The van der Waals surface area contributed by atoms with Crippen molar-refractivity contribution in [3.05, 3.63) is 29.2 Å². The number of pyridine rings is 1. The quantitative estimate of drug-likeness (QED) is 0.592. The summed E-state index contributed by atoms with van der Waals surface area (Å²) in [6.45, 7) is 0. The van der Waals surface area contributed by atoms with Crippen molar-refractivity contribution < 1.29 is 0 Å². The fourth-order valence-corrected chi connectivity index (χ4v) is 1.38. The first-order chi connectivity index (χ1) is 5.27. The minimum atomic E-state index is 0.781. The molecule has 11 heavy (non-hydrogen) atoms. The molecule has 0 bridgehead atoms. The zero-order valence-corrected chi connectivity index (χ0v) is 6.98. The lowest BCUT2D eigenvalue weighted by Crippen LogP contribution is -1.83. The van der Waals surface area contributed by atoms with Crippen LogP contribution in [0.3, 0.4) is 0 Å². The second kappa shape index (κ2) is 2.20. The lowest BCUT2D eigenvalue weighted by atomic mass is 10.3. The lowest BCUT2D eigenvalue weighted by Gasteiger charge is -1.93. The Morgan fingerprint density at radius 2 is 2.36 bits per heavy atom. The van der Waals surface area contributed by atoms with E-state index in [9.17, 15) is 0 Å². The van der Waals surface area contributed by atoms with Crippen LogP contribution in [-0.2, 0) is 7.05 Å². The van der Waals surface area contributed by atoms with Crippen molar-refractivity contribution in [2.45, 2.75) is 0 Å². The van der Waals surface area contributed by atoms with Crippen LogP contribution in [0.5, 0.6) is 0 Å². The van der Waals surface area contributed by atoms with Gasteiger partial charge in [-0.2, -0.15) is 0 Å². The van der Waals surface area contributed by atoms with Crippen molar-refractivity contribution in [3.63, 3.8) is 0 Å². The van der Waals surface area contributed by atoms with Gasteiger partial charge in [-0.15, -0.1) is 0 Å². The molecule has 0 unspecified atom stereocenters. The lowest BCUT2D eigenvalue weighted by molar-refractivity contribution is 0.965. The van der Waals surface area contributed by atoms with E-state index in [1.807, 2.05) is 25.5 Å². The summed E-state index contributed by atoms with van der Waals surface area (Å²) in [5, 5.41) is 1.19. The largest absolute Gasteiger partial charge is 0.351 e. The number of rotatable bonds is 0.